The van der Waals surface area contributed by atoms with Gasteiger partial charge in [0.2, 0.25) is 0 Å². The van der Waals surface area contributed by atoms with E-state index >= 15 is 0 Å². The van der Waals surface area contributed by atoms with Gasteiger partial charge >= 0.3 is 0 Å². The Bertz CT molecular complexity index is 545. The first-order chi connectivity index (χ1) is 11.7. The molecule has 4 nitrogen and oxygen atoms in total. The lowest BCUT2D eigenvalue weighted by Crippen LogP contribution is -2.47. The fraction of sp³-hybridized carbons (Fsp3) is 0.650. The summed E-state index contributed by atoms with van der Waals surface area (Å²) >= 11 is 0. The van der Waals surface area contributed by atoms with E-state index in [0.717, 1.165) is 38.8 Å². The quantitative estimate of drug-likeness (QED) is 0.623. The smallest absolute Gasteiger partial charge is 0.191 e. The summed E-state index contributed by atoms with van der Waals surface area (Å²) in [4.78, 5) is 4.81. The SMILES string of the molecule is CCNC(=NCC1(C)COC1)NCC1(c2ccccc2)CCCC1. The van der Waals surface area contributed by atoms with Crippen LogP contribution in [-0.2, 0) is 10.2 Å². The molecule has 1 aliphatic heterocycles. The van der Waals surface area contributed by atoms with E-state index in [0.29, 0.717) is 0 Å². The summed E-state index contributed by atoms with van der Waals surface area (Å²) < 4.78 is 5.34. The van der Waals surface area contributed by atoms with Gasteiger partial charge in [-0.05, 0) is 25.3 Å². The Morgan fingerprint density at radius 2 is 1.83 bits per heavy atom. The molecule has 1 aromatic rings. The molecule has 0 radical (unpaired) electrons. The molecule has 0 spiro atoms. The van der Waals surface area contributed by atoms with Crippen molar-refractivity contribution in [3.8, 4) is 0 Å². The minimum atomic E-state index is 0.215. The largest absolute Gasteiger partial charge is 0.380 e. The van der Waals surface area contributed by atoms with Crippen molar-refractivity contribution in [1.82, 2.24) is 10.6 Å². The molecule has 2 N–H and O–H groups in total. The van der Waals surface area contributed by atoms with Gasteiger partial charge in [-0.2, -0.15) is 0 Å². The van der Waals surface area contributed by atoms with E-state index < -0.39 is 0 Å². The summed E-state index contributed by atoms with van der Waals surface area (Å²) in [5.41, 5.74) is 1.93. The second-order valence-electron chi connectivity index (χ2n) is 7.71. The second kappa shape index (κ2) is 7.56. The van der Waals surface area contributed by atoms with Crippen LogP contribution in [0.2, 0.25) is 0 Å². The Morgan fingerprint density at radius 3 is 2.42 bits per heavy atom. The normalized spacial score (nSPS) is 22.0. The first kappa shape index (κ1) is 17.3. The van der Waals surface area contributed by atoms with Crippen molar-refractivity contribution < 1.29 is 4.74 Å². The topological polar surface area (TPSA) is 45.7 Å². The molecule has 0 atom stereocenters. The number of benzene rings is 1. The lowest BCUT2D eigenvalue weighted by Gasteiger charge is -2.37. The highest BCUT2D eigenvalue weighted by atomic mass is 16.5. The van der Waals surface area contributed by atoms with Crippen LogP contribution in [0.1, 0.15) is 45.1 Å². The molecule has 1 saturated heterocycles. The predicted molar refractivity (Wildman–Crippen MR) is 99.5 cm³/mol. The summed E-state index contributed by atoms with van der Waals surface area (Å²) in [6, 6.07) is 11.0. The first-order valence-corrected chi connectivity index (χ1v) is 9.31. The number of aliphatic imine (C=N–C) groups is 1. The van der Waals surface area contributed by atoms with E-state index in [-0.39, 0.29) is 10.8 Å². The van der Waals surface area contributed by atoms with Gasteiger partial charge in [-0.15, -0.1) is 0 Å². The van der Waals surface area contributed by atoms with Crippen molar-refractivity contribution >= 4 is 5.96 Å². The number of hydrogen-bond acceptors (Lipinski definition) is 2. The monoisotopic (exact) mass is 329 g/mol. The molecule has 0 bridgehead atoms. The van der Waals surface area contributed by atoms with Crippen LogP contribution >= 0.6 is 0 Å². The van der Waals surface area contributed by atoms with Gasteiger partial charge in [-0.3, -0.25) is 4.99 Å². The van der Waals surface area contributed by atoms with Crippen molar-refractivity contribution in [2.24, 2.45) is 10.4 Å². The number of nitrogens with one attached hydrogen (secondary N) is 2. The Kier molecular flexibility index (Phi) is 5.44. The van der Waals surface area contributed by atoms with Crippen molar-refractivity contribution in [3.63, 3.8) is 0 Å². The highest BCUT2D eigenvalue weighted by Crippen LogP contribution is 2.40. The molecule has 24 heavy (non-hydrogen) atoms. The molecule has 0 aromatic heterocycles. The van der Waals surface area contributed by atoms with E-state index in [9.17, 15) is 0 Å². The third kappa shape index (κ3) is 3.92. The van der Waals surface area contributed by atoms with E-state index in [1.54, 1.807) is 0 Å². The molecule has 1 saturated carbocycles. The van der Waals surface area contributed by atoms with Crippen LogP contribution in [0, 0.1) is 5.41 Å². The van der Waals surface area contributed by atoms with Crippen LogP contribution in [0.25, 0.3) is 0 Å². The van der Waals surface area contributed by atoms with Gasteiger partial charge in [0.05, 0.1) is 19.8 Å². The Morgan fingerprint density at radius 1 is 1.12 bits per heavy atom. The number of hydrogen-bond donors (Lipinski definition) is 2. The van der Waals surface area contributed by atoms with Crippen molar-refractivity contribution in [1.29, 1.82) is 0 Å². The highest BCUT2D eigenvalue weighted by molar-refractivity contribution is 5.79. The van der Waals surface area contributed by atoms with Crippen molar-refractivity contribution in [2.75, 3.05) is 32.8 Å². The summed E-state index contributed by atoms with van der Waals surface area (Å²) in [5, 5.41) is 7.01. The van der Waals surface area contributed by atoms with Gasteiger partial charge in [-0.1, -0.05) is 50.1 Å². The van der Waals surface area contributed by atoms with E-state index in [1.165, 1.54) is 31.2 Å². The highest BCUT2D eigenvalue weighted by Gasteiger charge is 2.36. The maximum Gasteiger partial charge on any atom is 0.191 e. The molecule has 1 heterocycles. The van der Waals surface area contributed by atoms with E-state index in [4.69, 9.17) is 9.73 Å². The minimum Gasteiger partial charge on any atom is -0.380 e. The molecule has 1 aromatic carbocycles. The molecule has 3 rings (SSSR count). The minimum absolute atomic E-state index is 0.215. The van der Waals surface area contributed by atoms with E-state index in [2.05, 4.69) is 54.8 Å². The molecule has 0 amide bonds. The van der Waals surface area contributed by atoms with Crippen LogP contribution in [0.3, 0.4) is 0 Å². The van der Waals surface area contributed by atoms with Gasteiger partial charge in [0.1, 0.15) is 0 Å². The zero-order valence-corrected chi connectivity index (χ0v) is 15.1. The lowest BCUT2D eigenvalue weighted by atomic mass is 9.79. The number of ether oxygens (including phenoxy) is 1. The number of guanidine groups is 1. The van der Waals surface area contributed by atoms with Gasteiger partial charge < -0.3 is 15.4 Å². The Labute approximate surface area is 146 Å². The Balaban J connectivity index is 1.66. The first-order valence-electron chi connectivity index (χ1n) is 9.31. The molecular formula is C20H31N3O. The van der Waals surface area contributed by atoms with Crippen molar-refractivity contribution in [2.45, 2.75) is 44.9 Å². The predicted octanol–water partition coefficient (Wildman–Crippen LogP) is 3.09. The van der Waals surface area contributed by atoms with Crippen LogP contribution in [-0.4, -0.2) is 38.8 Å². The van der Waals surface area contributed by atoms with Gasteiger partial charge in [0.25, 0.3) is 0 Å². The molecule has 2 fully saturated rings. The number of nitrogens with zero attached hydrogens (tertiary/aromatic N) is 1. The number of rotatable bonds is 6. The van der Waals surface area contributed by atoms with Gasteiger partial charge in [0.15, 0.2) is 5.96 Å². The molecule has 4 heteroatoms. The second-order valence-corrected chi connectivity index (χ2v) is 7.71. The fourth-order valence-corrected chi connectivity index (χ4v) is 3.82. The average molecular weight is 329 g/mol. The lowest BCUT2D eigenvalue weighted by molar-refractivity contribution is -0.0945. The zero-order chi connectivity index (χ0) is 16.9. The molecular weight excluding hydrogens is 298 g/mol. The fourth-order valence-electron chi connectivity index (χ4n) is 3.82. The van der Waals surface area contributed by atoms with Gasteiger partial charge in [-0.25, -0.2) is 0 Å². The summed E-state index contributed by atoms with van der Waals surface area (Å²) in [5.74, 6) is 0.938. The Hall–Kier alpha value is -1.55. The van der Waals surface area contributed by atoms with Crippen LogP contribution in [0.5, 0.6) is 0 Å². The van der Waals surface area contributed by atoms with Crippen LogP contribution in [0.4, 0.5) is 0 Å². The zero-order valence-electron chi connectivity index (χ0n) is 15.1. The maximum absolute atomic E-state index is 5.34. The summed E-state index contributed by atoms with van der Waals surface area (Å²) in [6.07, 6.45) is 5.16. The third-order valence-electron chi connectivity index (χ3n) is 5.41. The maximum atomic E-state index is 5.34. The molecule has 132 valence electrons. The standard InChI is InChI=1S/C20H31N3O/c1-3-21-18(22-13-19(2)15-24-16-19)23-14-20(11-7-8-12-20)17-9-5-4-6-10-17/h4-6,9-10H,3,7-8,11-16H2,1-2H3,(H2,21,22,23). The summed E-state index contributed by atoms with van der Waals surface area (Å²) in [6.45, 7) is 8.67. The van der Waals surface area contributed by atoms with Crippen LogP contribution < -0.4 is 10.6 Å². The van der Waals surface area contributed by atoms with E-state index in [1.807, 2.05) is 0 Å². The van der Waals surface area contributed by atoms with Gasteiger partial charge in [0, 0.05) is 23.9 Å². The molecule has 1 aliphatic carbocycles. The molecule has 2 aliphatic rings. The van der Waals surface area contributed by atoms with Crippen molar-refractivity contribution in [3.05, 3.63) is 35.9 Å². The summed E-state index contributed by atoms with van der Waals surface area (Å²) in [7, 11) is 0. The molecule has 0 unspecified atom stereocenters. The third-order valence-corrected chi connectivity index (χ3v) is 5.41. The average Bonchev–Trinajstić information content (AvgIpc) is 3.07. The van der Waals surface area contributed by atoms with Crippen LogP contribution in [0.15, 0.2) is 35.3 Å².